The van der Waals surface area contributed by atoms with Gasteiger partial charge < -0.3 is 24.1 Å². The van der Waals surface area contributed by atoms with Gasteiger partial charge in [-0.2, -0.15) is 13.2 Å². The van der Waals surface area contributed by atoms with Gasteiger partial charge >= 0.3 is 6.18 Å². The molecule has 0 bridgehead atoms. The third-order valence-corrected chi connectivity index (χ3v) is 9.75. The summed E-state index contributed by atoms with van der Waals surface area (Å²) in [5.74, 6) is 0.954. The fraction of sp³-hybridized carbons (Fsp3) is 0.553. The van der Waals surface area contributed by atoms with Crippen molar-refractivity contribution in [3.8, 4) is 5.75 Å². The van der Waals surface area contributed by atoms with Crippen molar-refractivity contribution >= 4 is 21.8 Å². The lowest BCUT2D eigenvalue weighted by Crippen LogP contribution is -2.46. The number of aromatic nitrogens is 2. The normalized spacial score (nSPS) is 14.8. The third kappa shape index (κ3) is 9.20. The maximum absolute atomic E-state index is 14.0. The van der Waals surface area contributed by atoms with Crippen LogP contribution >= 0.6 is 0 Å². The Morgan fingerprint density at radius 1 is 0.766 bits per heavy atom. The van der Waals surface area contributed by atoms with Crippen molar-refractivity contribution in [3.63, 3.8) is 0 Å². The summed E-state index contributed by atoms with van der Waals surface area (Å²) < 4.78 is 50.0. The van der Waals surface area contributed by atoms with E-state index in [1.807, 2.05) is 43.3 Å². The lowest BCUT2D eigenvalue weighted by Gasteiger charge is -2.34. The Morgan fingerprint density at radius 3 is 1.98 bits per heavy atom. The van der Waals surface area contributed by atoms with Gasteiger partial charge in [-0.15, -0.1) is 0 Å². The van der Waals surface area contributed by atoms with Crippen LogP contribution in [0.5, 0.6) is 5.75 Å². The molecule has 2 aromatic heterocycles. The van der Waals surface area contributed by atoms with Crippen LogP contribution in [-0.2, 0) is 19.1 Å². The van der Waals surface area contributed by atoms with E-state index in [0.717, 1.165) is 81.0 Å². The minimum atomic E-state index is -4.60. The molecule has 5 rings (SSSR count). The number of benzene rings is 2. The van der Waals surface area contributed by atoms with Gasteiger partial charge in [0.15, 0.2) is 0 Å². The van der Waals surface area contributed by atoms with Gasteiger partial charge in [-0.25, -0.2) is 0 Å². The maximum atomic E-state index is 14.0. The summed E-state index contributed by atoms with van der Waals surface area (Å²) in [4.78, 5) is 19.8. The van der Waals surface area contributed by atoms with Crippen LogP contribution in [0.1, 0.15) is 81.5 Å². The number of unbranched alkanes of at least 4 members (excludes halogenated alkanes) is 7. The number of para-hydroxylation sites is 1. The highest BCUT2D eigenvalue weighted by molar-refractivity contribution is 6.09. The molecule has 9 heteroatoms. The highest BCUT2D eigenvalue weighted by Crippen LogP contribution is 2.39. The summed E-state index contributed by atoms with van der Waals surface area (Å²) in [6.45, 7) is 12.5. The van der Waals surface area contributed by atoms with E-state index < -0.39 is 17.3 Å². The molecular weight excluding hydrogens is 601 g/mol. The average molecular weight is 653 g/mol. The molecule has 0 spiro atoms. The first kappa shape index (κ1) is 35.0. The minimum Gasteiger partial charge on any atom is -0.494 e. The van der Waals surface area contributed by atoms with Gasteiger partial charge in [0.05, 0.1) is 12.2 Å². The number of nitrogens with one attached hydrogen (secondary N) is 1. The van der Waals surface area contributed by atoms with Gasteiger partial charge in [0.25, 0.3) is 0 Å². The first-order valence-corrected chi connectivity index (χ1v) is 17.6. The molecule has 47 heavy (non-hydrogen) atoms. The maximum Gasteiger partial charge on any atom is 0.417 e. The van der Waals surface area contributed by atoms with Gasteiger partial charge in [-0.1, -0.05) is 57.2 Å². The number of H-pyrrole nitrogens is 1. The van der Waals surface area contributed by atoms with Gasteiger partial charge in [0.2, 0.25) is 5.56 Å². The van der Waals surface area contributed by atoms with E-state index in [0.29, 0.717) is 11.5 Å². The van der Waals surface area contributed by atoms with E-state index in [-0.39, 0.29) is 10.9 Å². The highest BCUT2D eigenvalue weighted by Gasteiger charge is 2.34. The molecule has 0 atom stereocenters. The standard InChI is InChI=1S/C38H51F3N4O2/c1-3-33-29(2)36-34(19-18-32-37(36)31(38(39,40)41)28-35(46)42-32)45(33)22-13-8-6-4-5-7-12-20-43-23-25-44(26-24-43)21-14-15-27-47-30-16-10-9-11-17-30/h9-11,16-19,28H,3-8,12-15,20-27H2,1-2H3,(H,42,46). The Balaban J connectivity index is 0.975. The molecule has 1 aliphatic heterocycles. The topological polar surface area (TPSA) is 53.5 Å². The fourth-order valence-corrected chi connectivity index (χ4v) is 7.25. The molecule has 1 N–H and O–H groups in total. The van der Waals surface area contributed by atoms with Crippen molar-refractivity contribution in [2.24, 2.45) is 0 Å². The van der Waals surface area contributed by atoms with Crippen LogP contribution in [-0.4, -0.2) is 65.2 Å². The number of hydrogen-bond donors (Lipinski definition) is 1. The molecular formula is C38H51F3N4O2. The van der Waals surface area contributed by atoms with Crippen LogP contribution in [0.4, 0.5) is 13.2 Å². The smallest absolute Gasteiger partial charge is 0.417 e. The predicted molar refractivity (Wildman–Crippen MR) is 186 cm³/mol. The molecule has 1 fully saturated rings. The number of piperazine rings is 1. The number of halogens is 3. The molecule has 0 saturated carbocycles. The molecule has 0 amide bonds. The lowest BCUT2D eigenvalue weighted by atomic mass is 10.0. The number of ether oxygens (including phenoxy) is 1. The van der Waals surface area contributed by atoms with Crippen LogP contribution in [0.15, 0.2) is 53.3 Å². The zero-order valence-corrected chi connectivity index (χ0v) is 28.1. The van der Waals surface area contributed by atoms with Crippen LogP contribution < -0.4 is 10.3 Å². The van der Waals surface area contributed by atoms with Crippen molar-refractivity contribution in [2.75, 3.05) is 45.9 Å². The van der Waals surface area contributed by atoms with Gasteiger partial charge in [0, 0.05) is 66.3 Å². The Kier molecular flexibility index (Phi) is 12.4. The number of aromatic amines is 1. The van der Waals surface area contributed by atoms with E-state index >= 15 is 0 Å². The quantitative estimate of drug-likeness (QED) is 0.116. The number of alkyl halides is 3. The summed E-state index contributed by atoms with van der Waals surface area (Å²) in [6, 6.07) is 14.2. The van der Waals surface area contributed by atoms with Crippen LogP contribution in [0, 0.1) is 6.92 Å². The van der Waals surface area contributed by atoms with Gasteiger partial charge in [-0.05, 0) is 81.9 Å². The van der Waals surface area contributed by atoms with E-state index in [1.165, 1.54) is 58.2 Å². The van der Waals surface area contributed by atoms with Gasteiger partial charge in [-0.3, -0.25) is 4.79 Å². The number of hydrogen-bond acceptors (Lipinski definition) is 4. The zero-order valence-electron chi connectivity index (χ0n) is 28.1. The Hall–Kier alpha value is -3.30. The largest absolute Gasteiger partial charge is 0.494 e. The Morgan fingerprint density at radius 2 is 1.36 bits per heavy atom. The molecule has 0 unspecified atom stereocenters. The van der Waals surface area contributed by atoms with Gasteiger partial charge in [0.1, 0.15) is 5.75 Å². The van der Waals surface area contributed by atoms with Crippen LogP contribution in [0.25, 0.3) is 21.8 Å². The van der Waals surface area contributed by atoms with Crippen LogP contribution in [0.3, 0.4) is 0 Å². The second kappa shape index (κ2) is 16.7. The summed E-state index contributed by atoms with van der Waals surface area (Å²) in [5.41, 5.74) is 1.40. The lowest BCUT2D eigenvalue weighted by molar-refractivity contribution is -0.136. The number of rotatable bonds is 17. The number of pyridine rings is 1. The summed E-state index contributed by atoms with van der Waals surface area (Å²) in [7, 11) is 0. The van der Waals surface area contributed by atoms with Crippen molar-refractivity contribution in [2.45, 2.75) is 90.8 Å². The molecule has 2 aromatic carbocycles. The fourth-order valence-electron chi connectivity index (χ4n) is 7.25. The Bertz CT molecular complexity index is 1620. The van der Waals surface area contributed by atoms with Crippen molar-refractivity contribution < 1.29 is 17.9 Å². The monoisotopic (exact) mass is 652 g/mol. The van der Waals surface area contributed by atoms with E-state index in [1.54, 1.807) is 6.07 Å². The predicted octanol–water partition coefficient (Wildman–Crippen LogP) is 8.58. The van der Waals surface area contributed by atoms with E-state index in [2.05, 4.69) is 26.3 Å². The number of fused-ring (bicyclic) bond motifs is 3. The highest BCUT2D eigenvalue weighted by atomic mass is 19.4. The molecule has 6 nitrogen and oxygen atoms in total. The average Bonchev–Trinajstić information content (AvgIpc) is 3.34. The number of aryl methyl sites for hydroxylation is 2. The van der Waals surface area contributed by atoms with Crippen molar-refractivity contribution in [1.82, 2.24) is 19.4 Å². The molecule has 4 aromatic rings. The molecule has 0 radical (unpaired) electrons. The summed E-state index contributed by atoms with van der Waals surface area (Å²) in [5, 5.41) is 0.706. The van der Waals surface area contributed by atoms with Crippen molar-refractivity contribution in [3.05, 3.63) is 75.7 Å². The first-order chi connectivity index (χ1) is 22.8. The first-order valence-electron chi connectivity index (χ1n) is 17.6. The second-order valence-electron chi connectivity index (χ2n) is 13.0. The van der Waals surface area contributed by atoms with Crippen molar-refractivity contribution in [1.29, 1.82) is 0 Å². The molecule has 0 aliphatic carbocycles. The molecule has 256 valence electrons. The Labute approximate surface area is 276 Å². The summed E-state index contributed by atoms with van der Waals surface area (Å²) >= 11 is 0. The molecule has 3 heterocycles. The minimum absolute atomic E-state index is 0.100. The summed E-state index contributed by atoms with van der Waals surface area (Å²) in [6.07, 6.45) is 6.68. The SMILES string of the molecule is CCc1c(C)c2c3c(C(F)(F)F)cc(=O)[nH]c3ccc2n1CCCCCCCCCN1CCN(CCCCOc2ccccc2)CC1. The van der Waals surface area contributed by atoms with E-state index in [9.17, 15) is 18.0 Å². The second-order valence-corrected chi connectivity index (χ2v) is 13.0. The van der Waals surface area contributed by atoms with E-state index in [4.69, 9.17) is 4.74 Å². The van der Waals surface area contributed by atoms with Crippen LogP contribution in [0.2, 0.25) is 0 Å². The zero-order chi connectivity index (χ0) is 33.2. The third-order valence-electron chi connectivity index (χ3n) is 9.75. The molecule has 1 aliphatic rings. The number of nitrogens with zero attached hydrogens (tertiary/aromatic N) is 3. The molecule has 1 saturated heterocycles.